The highest BCUT2D eigenvalue weighted by Crippen LogP contribution is 2.60. The molecule has 3 N–H and O–H groups in total. The van der Waals surface area contributed by atoms with Gasteiger partial charge in [0.25, 0.3) is 5.91 Å². The second-order valence-electron chi connectivity index (χ2n) is 9.17. The maximum atomic E-state index is 11.1. The Balaban J connectivity index is 1.28. The first-order valence-corrected chi connectivity index (χ1v) is 10.4. The number of aromatic amines is 1. The highest BCUT2D eigenvalue weighted by molar-refractivity contribution is 5.90. The van der Waals surface area contributed by atoms with Crippen molar-refractivity contribution in [1.82, 2.24) is 15.4 Å². The van der Waals surface area contributed by atoms with Crippen LogP contribution < -0.4 is 5.48 Å². The Kier molecular flexibility index (Phi) is 4.35. The van der Waals surface area contributed by atoms with Gasteiger partial charge in [-0.2, -0.15) is 0 Å². The highest BCUT2D eigenvalue weighted by atomic mass is 16.5. The quantitative estimate of drug-likeness (QED) is 0.419. The summed E-state index contributed by atoms with van der Waals surface area (Å²) in [6, 6.07) is 8.06. The number of nitrogens with zero attached hydrogens (tertiary/aromatic N) is 1. The van der Waals surface area contributed by atoms with E-state index in [4.69, 9.17) is 10.2 Å². The van der Waals surface area contributed by atoms with E-state index >= 15 is 0 Å². The van der Waals surface area contributed by atoms with Crippen molar-refractivity contribution in [3.8, 4) is 0 Å². The zero-order chi connectivity index (χ0) is 19.1. The summed E-state index contributed by atoms with van der Waals surface area (Å²) in [5.41, 5.74) is 5.43. The maximum Gasteiger partial charge on any atom is 0.267 e. The van der Waals surface area contributed by atoms with Crippen LogP contribution in [0.2, 0.25) is 0 Å². The Morgan fingerprint density at radius 2 is 1.79 bits per heavy atom. The van der Waals surface area contributed by atoms with E-state index in [1.54, 1.807) is 11.6 Å². The van der Waals surface area contributed by atoms with Crippen molar-refractivity contribution < 1.29 is 10.0 Å². The van der Waals surface area contributed by atoms with Crippen molar-refractivity contribution >= 4 is 12.0 Å². The van der Waals surface area contributed by atoms with Crippen molar-refractivity contribution in [2.24, 2.45) is 17.8 Å². The first kappa shape index (κ1) is 17.7. The third-order valence-corrected chi connectivity index (χ3v) is 7.13. The van der Waals surface area contributed by atoms with Gasteiger partial charge < -0.3 is 4.98 Å². The van der Waals surface area contributed by atoms with Crippen LogP contribution >= 0.6 is 0 Å². The maximum absolute atomic E-state index is 11.1. The number of aromatic nitrogens is 2. The van der Waals surface area contributed by atoms with E-state index in [1.165, 1.54) is 55.9 Å². The first-order valence-electron chi connectivity index (χ1n) is 10.4. The number of hydrogen-bond acceptors (Lipinski definition) is 3. The molecular formula is C23H27N3O2. The Morgan fingerprint density at radius 3 is 2.39 bits per heavy atom. The highest BCUT2D eigenvalue weighted by Gasteiger charge is 2.52. The molecule has 0 aliphatic heterocycles. The van der Waals surface area contributed by atoms with Crippen LogP contribution in [-0.2, 0) is 16.6 Å². The number of imidazole rings is 1. The van der Waals surface area contributed by atoms with Gasteiger partial charge in [0, 0.05) is 29.8 Å². The molecule has 5 heteroatoms. The van der Waals surface area contributed by atoms with E-state index in [2.05, 4.69) is 23.3 Å². The molecule has 4 bridgehead atoms. The molecule has 0 atom stereocenters. The van der Waals surface area contributed by atoms with E-state index in [-0.39, 0.29) is 0 Å². The average molecular weight is 377 g/mol. The number of hydrogen-bond donors (Lipinski definition) is 3. The van der Waals surface area contributed by atoms with E-state index in [9.17, 15) is 4.79 Å². The number of carbonyl (C=O) groups is 1. The smallest absolute Gasteiger partial charge is 0.267 e. The Hall–Kier alpha value is -2.40. The summed E-state index contributed by atoms with van der Waals surface area (Å²) < 4.78 is 0. The molecule has 1 heterocycles. The third-order valence-electron chi connectivity index (χ3n) is 7.13. The normalized spacial score (nSPS) is 30.8. The molecule has 0 unspecified atom stereocenters. The lowest BCUT2D eigenvalue weighted by molar-refractivity contribution is -0.124. The molecule has 0 spiro atoms. The van der Waals surface area contributed by atoms with Crippen LogP contribution in [0, 0.1) is 17.8 Å². The minimum Gasteiger partial charge on any atom is -0.345 e. The number of nitrogens with one attached hydrogen (secondary N) is 2. The molecule has 6 rings (SSSR count). The zero-order valence-electron chi connectivity index (χ0n) is 16.0. The average Bonchev–Trinajstić information content (AvgIpc) is 3.15. The van der Waals surface area contributed by atoms with Crippen LogP contribution in [0.15, 0.2) is 36.5 Å². The van der Waals surface area contributed by atoms with Gasteiger partial charge in [0.1, 0.15) is 5.82 Å². The van der Waals surface area contributed by atoms with Crippen LogP contribution in [-0.4, -0.2) is 21.1 Å². The number of H-pyrrole nitrogens is 1. The Morgan fingerprint density at radius 1 is 1.14 bits per heavy atom. The van der Waals surface area contributed by atoms with Crippen molar-refractivity contribution in [3.05, 3.63) is 59.2 Å². The fraction of sp³-hybridized carbons (Fsp3) is 0.478. The van der Waals surface area contributed by atoms with Gasteiger partial charge in [0.05, 0.1) is 0 Å². The molecule has 2 aromatic rings. The van der Waals surface area contributed by atoms with Crippen molar-refractivity contribution in [2.75, 3.05) is 0 Å². The molecule has 1 aromatic heterocycles. The predicted octanol–water partition coefficient (Wildman–Crippen LogP) is 3.99. The molecule has 0 radical (unpaired) electrons. The number of rotatable bonds is 5. The van der Waals surface area contributed by atoms with Crippen molar-refractivity contribution in [1.29, 1.82) is 0 Å². The lowest BCUT2D eigenvalue weighted by atomic mass is 9.49. The molecule has 28 heavy (non-hydrogen) atoms. The minimum atomic E-state index is -0.531. The Bertz CT molecular complexity index is 862. The van der Waals surface area contributed by atoms with Crippen LogP contribution in [0.4, 0.5) is 0 Å². The second-order valence-corrected chi connectivity index (χ2v) is 9.17. The molecule has 1 aromatic carbocycles. The summed E-state index contributed by atoms with van der Waals surface area (Å²) in [5.74, 6) is 3.31. The zero-order valence-corrected chi connectivity index (χ0v) is 16.0. The summed E-state index contributed by atoms with van der Waals surface area (Å²) in [5, 5.41) is 8.53. The summed E-state index contributed by atoms with van der Waals surface area (Å²) in [6.45, 7) is 0. The molecule has 1 amide bonds. The molecule has 4 fully saturated rings. The number of amides is 1. The molecule has 146 valence electrons. The summed E-state index contributed by atoms with van der Waals surface area (Å²) in [7, 11) is 0. The van der Waals surface area contributed by atoms with Gasteiger partial charge in [0.15, 0.2) is 0 Å². The lowest BCUT2D eigenvalue weighted by Crippen LogP contribution is -2.48. The summed E-state index contributed by atoms with van der Waals surface area (Å²) >= 11 is 0. The van der Waals surface area contributed by atoms with Gasteiger partial charge in [-0.05, 0) is 73.5 Å². The summed E-state index contributed by atoms with van der Waals surface area (Å²) in [4.78, 5) is 19.5. The van der Waals surface area contributed by atoms with Crippen LogP contribution in [0.5, 0.6) is 0 Å². The standard InChI is InChI=1S/C23H27N3O2/c27-22(26-28)6-5-15-1-3-16(4-2-15)10-21-24-14-20(25-21)23-11-17-7-18(12-23)9-19(8-17)13-23/h1-6,14,17-19,28H,7-13H2,(H,24,25)(H,26,27). The van der Waals surface area contributed by atoms with E-state index < -0.39 is 5.91 Å². The van der Waals surface area contributed by atoms with Crippen molar-refractivity contribution in [2.45, 2.75) is 50.4 Å². The third kappa shape index (κ3) is 3.28. The van der Waals surface area contributed by atoms with Gasteiger partial charge in [-0.25, -0.2) is 10.5 Å². The van der Waals surface area contributed by atoms with Crippen molar-refractivity contribution in [3.63, 3.8) is 0 Å². The van der Waals surface area contributed by atoms with E-state index in [0.29, 0.717) is 5.41 Å². The second kappa shape index (κ2) is 6.89. The lowest BCUT2D eigenvalue weighted by Gasteiger charge is -2.56. The molecule has 4 aliphatic rings. The van der Waals surface area contributed by atoms with Crippen LogP contribution in [0.1, 0.15) is 61.2 Å². The Labute approximate surface area is 165 Å². The van der Waals surface area contributed by atoms with Gasteiger partial charge in [-0.3, -0.25) is 10.0 Å². The molecule has 4 saturated carbocycles. The largest absolute Gasteiger partial charge is 0.345 e. The summed E-state index contributed by atoms with van der Waals surface area (Å²) in [6.07, 6.45) is 14.3. The predicted molar refractivity (Wildman–Crippen MR) is 107 cm³/mol. The molecule has 4 aliphatic carbocycles. The fourth-order valence-corrected chi connectivity index (χ4v) is 6.31. The fourth-order valence-electron chi connectivity index (χ4n) is 6.31. The molecular weight excluding hydrogens is 350 g/mol. The topological polar surface area (TPSA) is 78.0 Å². The van der Waals surface area contributed by atoms with Gasteiger partial charge in [0.2, 0.25) is 0 Å². The monoisotopic (exact) mass is 377 g/mol. The molecule has 0 saturated heterocycles. The van der Waals surface area contributed by atoms with E-state index in [1.807, 2.05) is 12.1 Å². The first-order chi connectivity index (χ1) is 13.6. The van der Waals surface area contributed by atoms with Gasteiger partial charge in [-0.1, -0.05) is 24.3 Å². The van der Waals surface area contributed by atoms with Crippen LogP contribution in [0.3, 0.4) is 0 Å². The number of benzene rings is 1. The van der Waals surface area contributed by atoms with Gasteiger partial charge >= 0.3 is 0 Å². The van der Waals surface area contributed by atoms with Crippen LogP contribution in [0.25, 0.3) is 6.08 Å². The number of carbonyl (C=O) groups excluding carboxylic acids is 1. The molecule has 5 nitrogen and oxygen atoms in total. The SMILES string of the molecule is O=C(C=Cc1ccc(Cc2ncc(C34CC5CC(CC(C5)C3)C4)[nH]2)cc1)NO. The van der Waals surface area contributed by atoms with Gasteiger partial charge in [-0.15, -0.1) is 0 Å². The van der Waals surface area contributed by atoms with E-state index in [0.717, 1.165) is 35.6 Å². The number of hydroxylamine groups is 1. The minimum absolute atomic E-state index is 0.363.